The summed E-state index contributed by atoms with van der Waals surface area (Å²) in [5.74, 6) is -0.0315. The molecule has 0 aromatic heterocycles. The topological polar surface area (TPSA) is 20.2 Å². The van der Waals surface area contributed by atoms with Gasteiger partial charge in [-0.15, -0.1) is 0 Å². The Morgan fingerprint density at radius 1 is 1.35 bits per heavy atom. The molecule has 1 aromatic carbocycles. The molecule has 1 N–H and O–H groups in total. The summed E-state index contributed by atoms with van der Waals surface area (Å²) in [7, 11) is 0. The quantitative estimate of drug-likeness (QED) is 0.859. The predicted molar refractivity (Wildman–Crippen MR) is 58.4 cm³/mol. The Morgan fingerprint density at radius 2 is 2.00 bits per heavy atom. The molecular formula is C13H15F3O. The maximum Gasteiger partial charge on any atom is 0.416 e. The molecule has 0 aliphatic heterocycles. The van der Waals surface area contributed by atoms with Crippen LogP contribution in [0.2, 0.25) is 0 Å². The van der Waals surface area contributed by atoms with E-state index >= 15 is 0 Å². The van der Waals surface area contributed by atoms with Gasteiger partial charge >= 0.3 is 6.18 Å². The van der Waals surface area contributed by atoms with E-state index in [9.17, 15) is 18.3 Å². The molecule has 0 radical (unpaired) electrons. The highest BCUT2D eigenvalue weighted by Crippen LogP contribution is 2.56. The van der Waals surface area contributed by atoms with Gasteiger partial charge < -0.3 is 5.11 Å². The fourth-order valence-corrected chi connectivity index (χ4v) is 2.44. The van der Waals surface area contributed by atoms with E-state index < -0.39 is 17.3 Å². The first-order chi connectivity index (χ1) is 7.89. The standard InChI is InChI=1S/C13H15F3O/c1-2-5-9-8-12(9,17)10-6-3-4-7-11(10)13(14,15)16/h3-4,6-7,9,17H,2,5,8H2,1H3. The molecule has 1 aliphatic rings. The third-order valence-corrected chi connectivity index (χ3v) is 3.41. The van der Waals surface area contributed by atoms with Gasteiger partial charge in [0.2, 0.25) is 0 Å². The lowest BCUT2D eigenvalue weighted by molar-refractivity contribution is -0.139. The van der Waals surface area contributed by atoms with E-state index in [4.69, 9.17) is 0 Å². The van der Waals surface area contributed by atoms with Gasteiger partial charge in [-0.2, -0.15) is 13.2 Å². The number of hydrogen-bond donors (Lipinski definition) is 1. The highest BCUT2D eigenvalue weighted by atomic mass is 19.4. The molecule has 1 saturated carbocycles. The van der Waals surface area contributed by atoms with Crippen LogP contribution >= 0.6 is 0 Å². The summed E-state index contributed by atoms with van der Waals surface area (Å²) in [5, 5.41) is 10.2. The number of rotatable bonds is 3. The zero-order valence-electron chi connectivity index (χ0n) is 9.59. The largest absolute Gasteiger partial charge is 0.416 e. The normalized spacial score (nSPS) is 28.2. The van der Waals surface area contributed by atoms with Crippen LogP contribution in [0.4, 0.5) is 13.2 Å². The highest BCUT2D eigenvalue weighted by Gasteiger charge is 2.56. The molecule has 0 saturated heterocycles. The molecule has 0 amide bonds. The van der Waals surface area contributed by atoms with Gasteiger partial charge in [0.25, 0.3) is 0 Å². The third kappa shape index (κ3) is 2.18. The summed E-state index contributed by atoms with van der Waals surface area (Å²) in [6.45, 7) is 1.97. The van der Waals surface area contributed by atoms with Crippen molar-refractivity contribution in [1.82, 2.24) is 0 Å². The van der Waals surface area contributed by atoms with Gasteiger partial charge in [-0.05, 0) is 30.4 Å². The fraction of sp³-hybridized carbons (Fsp3) is 0.538. The molecule has 2 atom stereocenters. The molecule has 94 valence electrons. The summed E-state index contributed by atoms with van der Waals surface area (Å²) < 4.78 is 38.4. The van der Waals surface area contributed by atoms with Crippen LogP contribution in [0, 0.1) is 5.92 Å². The molecule has 1 fully saturated rings. The molecular weight excluding hydrogens is 229 g/mol. The first kappa shape index (κ1) is 12.4. The van der Waals surface area contributed by atoms with Crippen LogP contribution in [-0.2, 0) is 11.8 Å². The van der Waals surface area contributed by atoms with Crippen molar-refractivity contribution in [3.05, 3.63) is 35.4 Å². The van der Waals surface area contributed by atoms with Crippen LogP contribution in [0.15, 0.2) is 24.3 Å². The van der Waals surface area contributed by atoms with Crippen LogP contribution in [0.25, 0.3) is 0 Å². The second-order valence-corrected chi connectivity index (χ2v) is 4.66. The van der Waals surface area contributed by atoms with Crippen molar-refractivity contribution in [3.8, 4) is 0 Å². The molecule has 2 rings (SSSR count). The molecule has 1 aliphatic carbocycles. The maximum atomic E-state index is 12.8. The molecule has 17 heavy (non-hydrogen) atoms. The van der Waals surface area contributed by atoms with Crippen molar-refractivity contribution in [2.45, 2.75) is 38.0 Å². The first-order valence-corrected chi connectivity index (χ1v) is 5.78. The Labute approximate surface area is 98.3 Å². The van der Waals surface area contributed by atoms with Crippen LogP contribution in [0.1, 0.15) is 37.3 Å². The van der Waals surface area contributed by atoms with Gasteiger partial charge in [0.15, 0.2) is 0 Å². The Hall–Kier alpha value is -1.03. The van der Waals surface area contributed by atoms with Crippen LogP contribution in [0.3, 0.4) is 0 Å². The van der Waals surface area contributed by atoms with Crippen molar-refractivity contribution in [2.75, 3.05) is 0 Å². The predicted octanol–water partition coefficient (Wildman–Crippen LogP) is 3.71. The lowest BCUT2D eigenvalue weighted by atomic mass is 9.97. The van der Waals surface area contributed by atoms with Crippen LogP contribution < -0.4 is 0 Å². The number of aliphatic hydroxyl groups is 1. The van der Waals surface area contributed by atoms with E-state index in [1.807, 2.05) is 6.92 Å². The van der Waals surface area contributed by atoms with Crippen LogP contribution in [0.5, 0.6) is 0 Å². The number of halogens is 3. The molecule has 1 nitrogen and oxygen atoms in total. The monoisotopic (exact) mass is 244 g/mol. The van der Waals surface area contributed by atoms with E-state index in [2.05, 4.69) is 0 Å². The van der Waals surface area contributed by atoms with Gasteiger partial charge in [0.1, 0.15) is 0 Å². The number of alkyl halides is 3. The molecule has 4 heteroatoms. The van der Waals surface area contributed by atoms with E-state index in [-0.39, 0.29) is 11.5 Å². The van der Waals surface area contributed by atoms with E-state index in [0.29, 0.717) is 6.42 Å². The summed E-state index contributed by atoms with van der Waals surface area (Å²) in [6.07, 6.45) is -2.32. The van der Waals surface area contributed by atoms with E-state index in [1.54, 1.807) is 6.07 Å². The van der Waals surface area contributed by atoms with Crippen LogP contribution in [-0.4, -0.2) is 5.11 Å². The molecule has 0 bridgehead atoms. The summed E-state index contributed by atoms with van der Waals surface area (Å²) in [4.78, 5) is 0. The van der Waals surface area contributed by atoms with Gasteiger partial charge in [0.05, 0.1) is 11.2 Å². The Bertz CT molecular complexity index is 413. The Kier molecular flexibility index (Phi) is 2.94. The average molecular weight is 244 g/mol. The van der Waals surface area contributed by atoms with Gasteiger partial charge in [-0.1, -0.05) is 31.5 Å². The lowest BCUT2D eigenvalue weighted by Crippen LogP contribution is -2.17. The first-order valence-electron chi connectivity index (χ1n) is 5.78. The second-order valence-electron chi connectivity index (χ2n) is 4.66. The van der Waals surface area contributed by atoms with Crippen molar-refractivity contribution in [2.24, 2.45) is 5.92 Å². The summed E-state index contributed by atoms with van der Waals surface area (Å²) in [6, 6.07) is 5.32. The van der Waals surface area contributed by atoms with Crippen molar-refractivity contribution >= 4 is 0 Å². The van der Waals surface area contributed by atoms with Crippen molar-refractivity contribution in [1.29, 1.82) is 0 Å². The third-order valence-electron chi connectivity index (χ3n) is 3.41. The van der Waals surface area contributed by atoms with Gasteiger partial charge in [-0.25, -0.2) is 0 Å². The Morgan fingerprint density at radius 3 is 2.59 bits per heavy atom. The maximum absolute atomic E-state index is 12.8. The summed E-state index contributed by atoms with van der Waals surface area (Å²) in [5.41, 5.74) is -1.94. The second kappa shape index (κ2) is 4.02. The van der Waals surface area contributed by atoms with E-state index in [0.717, 1.165) is 18.9 Å². The zero-order valence-corrected chi connectivity index (χ0v) is 9.59. The van der Waals surface area contributed by atoms with Gasteiger partial charge in [-0.3, -0.25) is 0 Å². The van der Waals surface area contributed by atoms with Gasteiger partial charge in [0, 0.05) is 0 Å². The molecule has 1 aromatic rings. The smallest absolute Gasteiger partial charge is 0.385 e. The SMILES string of the molecule is CCCC1CC1(O)c1ccccc1C(F)(F)F. The van der Waals surface area contributed by atoms with Crippen molar-refractivity contribution in [3.63, 3.8) is 0 Å². The minimum Gasteiger partial charge on any atom is -0.385 e. The van der Waals surface area contributed by atoms with Crippen molar-refractivity contribution < 1.29 is 18.3 Å². The Balaban J connectivity index is 2.35. The minimum absolute atomic E-state index is 0.0315. The van der Waals surface area contributed by atoms with E-state index in [1.165, 1.54) is 12.1 Å². The zero-order chi connectivity index (χ0) is 12.7. The molecule has 0 heterocycles. The average Bonchev–Trinajstić information content (AvgIpc) is 2.90. The number of benzene rings is 1. The lowest BCUT2D eigenvalue weighted by Gasteiger charge is -2.17. The molecule has 2 unspecified atom stereocenters. The number of hydrogen-bond acceptors (Lipinski definition) is 1. The fourth-order valence-electron chi connectivity index (χ4n) is 2.44. The minimum atomic E-state index is -4.40. The highest BCUT2D eigenvalue weighted by molar-refractivity contribution is 5.39. The summed E-state index contributed by atoms with van der Waals surface area (Å²) >= 11 is 0. The molecule has 0 spiro atoms.